The lowest BCUT2D eigenvalue weighted by Crippen LogP contribution is -2.63. The van der Waals surface area contributed by atoms with Gasteiger partial charge in [-0.3, -0.25) is 9.80 Å². The van der Waals surface area contributed by atoms with Crippen molar-refractivity contribution >= 4 is 41.7 Å². The molecule has 3 heterocycles. The highest BCUT2D eigenvalue weighted by molar-refractivity contribution is 14.0. The summed E-state index contributed by atoms with van der Waals surface area (Å²) >= 11 is 1.70. The lowest BCUT2D eigenvalue weighted by molar-refractivity contribution is 0.0154. The van der Waals surface area contributed by atoms with Gasteiger partial charge in [0.05, 0.1) is 6.54 Å². The topological polar surface area (TPSA) is 42.9 Å². The molecular formula is C19H31FIN5S. The number of thioether (sulfide) groups is 1. The molecule has 27 heavy (non-hydrogen) atoms. The number of hydrogen-bond acceptors (Lipinski definition) is 4. The Labute approximate surface area is 183 Å². The molecule has 4 rings (SSSR count). The molecule has 0 radical (unpaired) electrons. The molecular weight excluding hydrogens is 476 g/mol. The summed E-state index contributed by atoms with van der Waals surface area (Å²) in [7, 11) is 0. The monoisotopic (exact) mass is 507 g/mol. The Bertz CT molecular complexity index is 622. The average molecular weight is 507 g/mol. The maximum absolute atomic E-state index is 13.5. The van der Waals surface area contributed by atoms with E-state index in [0.717, 1.165) is 42.5 Å². The highest BCUT2D eigenvalue weighted by Crippen LogP contribution is 2.18. The number of benzene rings is 1. The van der Waals surface area contributed by atoms with Crippen LogP contribution in [-0.2, 0) is 12.3 Å². The van der Waals surface area contributed by atoms with Crippen LogP contribution in [0.1, 0.15) is 18.1 Å². The molecule has 3 aliphatic rings. The molecule has 0 spiro atoms. The van der Waals surface area contributed by atoms with Gasteiger partial charge < -0.3 is 10.6 Å². The third kappa shape index (κ3) is 6.47. The molecule has 1 atom stereocenters. The average Bonchev–Trinajstić information content (AvgIpc) is 2.66. The van der Waals surface area contributed by atoms with Crippen LogP contribution in [0.25, 0.3) is 0 Å². The van der Waals surface area contributed by atoms with Crippen molar-refractivity contribution in [3.05, 3.63) is 35.1 Å². The van der Waals surface area contributed by atoms with Crippen LogP contribution in [0.2, 0.25) is 0 Å². The van der Waals surface area contributed by atoms with Gasteiger partial charge in [0.1, 0.15) is 5.82 Å². The van der Waals surface area contributed by atoms with E-state index in [1.807, 2.05) is 12.3 Å². The van der Waals surface area contributed by atoms with E-state index in [1.165, 1.54) is 32.2 Å². The zero-order valence-electron chi connectivity index (χ0n) is 16.2. The first kappa shape index (κ1) is 22.7. The summed E-state index contributed by atoms with van der Waals surface area (Å²) in [6.45, 7) is 10.3. The van der Waals surface area contributed by atoms with E-state index in [1.54, 1.807) is 17.8 Å². The quantitative estimate of drug-likeness (QED) is 0.337. The molecule has 1 aromatic carbocycles. The molecule has 0 saturated carbocycles. The van der Waals surface area contributed by atoms with E-state index in [0.29, 0.717) is 12.6 Å². The van der Waals surface area contributed by atoms with Crippen LogP contribution in [0.4, 0.5) is 4.39 Å². The minimum atomic E-state index is -0.178. The zero-order chi connectivity index (χ0) is 18.4. The third-order valence-electron chi connectivity index (χ3n) is 5.12. The summed E-state index contributed by atoms with van der Waals surface area (Å²) < 4.78 is 13.5. The van der Waals surface area contributed by atoms with Crippen LogP contribution < -0.4 is 10.6 Å². The second-order valence-corrected chi connectivity index (χ2v) is 7.78. The predicted octanol–water partition coefficient (Wildman–Crippen LogP) is 2.36. The maximum Gasteiger partial charge on any atom is 0.191 e. The summed E-state index contributed by atoms with van der Waals surface area (Å²) in [6.07, 6.45) is 2.03. The summed E-state index contributed by atoms with van der Waals surface area (Å²) in [5.74, 6) is 1.46. The maximum atomic E-state index is 13.5. The number of piperazine rings is 3. The Balaban J connectivity index is 0.00000261. The Morgan fingerprint density at radius 3 is 2.63 bits per heavy atom. The molecule has 8 heteroatoms. The van der Waals surface area contributed by atoms with Crippen molar-refractivity contribution in [1.29, 1.82) is 0 Å². The molecule has 2 bridgehead atoms. The SMILES string of the molecule is CCNC(=NCc1ccc(F)cc1CSC)NCC1CN2CCN1CC2.I. The molecule has 3 aliphatic heterocycles. The molecule has 0 aromatic heterocycles. The lowest BCUT2D eigenvalue weighted by Gasteiger charge is -2.47. The molecule has 0 aliphatic carbocycles. The first-order valence-corrected chi connectivity index (χ1v) is 10.8. The van der Waals surface area contributed by atoms with Crippen molar-refractivity contribution in [2.75, 3.05) is 52.1 Å². The molecule has 2 N–H and O–H groups in total. The zero-order valence-corrected chi connectivity index (χ0v) is 19.4. The standard InChI is InChI=1S/C19H30FN5S.HI/c1-3-21-19(23-12-18-13-24-6-8-25(18)9-7-24)22-11-15-4-5-17(20)10-16(15)14-26-2;/h4-5,10,18H,3,6-9,11-14H2,1-2H3,(H2,21,22,23);1H. The van der Waals surface area contributed by atoms with Crippen LogP contribution in [0.15, 0.2) is 23.2 Å². The van der Waals surface area contributed by atoms with Gasteiger partial charge in [-0.1, -0.05) is 6.07 Å². The summed E-state index contributed by atoms with van der Waals surface area (Å²) in [4.78, 5) is 9.86. The fourth-order valence-corrected chi connectivity index (χ4v) is 4.26. The minimum Gasteiger partial charge on any atom is -0.357 e. The number of guanidine groups is 1. The largest absolute Gasteiger partial charge is 0.357 e. The number of nitrogens with zero attached hydrogens (tertiary/aromatic N) is 3. The fourth-order valence-electron chi connectivity index (χ4n) is 3.68. The van der Waals surface area contributed by atoms with E-state index in [9.17, 15) is 4.39 Å². The van der Waals surface area contributed by atoms with Crippen molar-refractivity contribution in [2.24, 2.45) is 4.99 Å². The van der Waals surface area contributed by atoms with Crippen LogP contribution in [0.5, 0.6) is 0 Å². The minimum absolute atomic E-state index is 0. The van der Waals surface area contributed by atoms with E-state index in [-0.39, 0.29) is 29.8 Å². The first-order valence-electron chi connectivity index (χ1n) is 9.44. The normalized spacial score (nSPS) is 24.4. The number of aliphatic imine (C=N–C) groups is 1. The third-order valence-corrected chi connectivity index (χ3v) is 5.72. The van der Waals surface area contributed by atoms with Gasteiger partial charge in [0, 0.05) is 57.6 Å². The Morgan fingerprint density at radius 2 is 2.00 bits per heavy atom. The summed E-state index contributed by atoms with van der Waals surface area (Å²) in [5.41, 5.74) is 2.12. The van der Waals surface area contributed by atoms with Crippen molar-refractivity contribution < 1.29 is 4.39 Å². The molecule has 1 unspecified atom stereocenters. The van der Waals surface area contributed by atoms with Gasteiger partial charge in [-0.2, -0.15) is 11.8 Å². The van der Waals surface area contributed by atoms with Crippen molar-refractivity contribution in [3.63, 3.8) is 0 Å². The Hall–Kier alpha value is -0.580. The smallest absolute Gasteiger partial charge is 0.191 e. The van der Waals surface area contributed by atoms with Crippen LogP contribution >= 0.6 is 35.7 Å². The number of halogens is 2. The van der Waals surface area contributed by atoms with Gasteiger partial charge in [-0.25, -0.2) is 9.38 Å². The van der Waals surface area contributed by atoms with E-state index >= 15 is 0 Å². The second kappa shape index (κ2) is 11.4. The second-order valence-electron chi connectivity index (χ2n) is 6.91. The van der Waals surface area contributed by atoms with E-state index in [2.05, 4.69) is 27.4 Å². The fraction of sp³-hybridized carbons (Fsp3) is 0.632. The van der Waals surface area contributed by atoms with Gasteiger partial charge in [0.25, 0.3) is 0 Å². The number of rotatable bonds is 7. The van der Waals surface area contributed by atoms with E-state index < -0.39 is 0 Å². The van der Waals surface area contributed by atoms with Gasteiger partial charge in [-0.05, 0) is 36.4 Å². The number of hydrogen-bond donors (Lipinski definition) is 2. The molecule has 0 amide bonds. The van der Waals surface area contributed by atoms with Crippen molar-refractivity contribution in [2.45, 2.75) is 25.3 Å². The van der Waals surface area contributed by atoms with Crippen LogP contribution in [0.3, 0.4) is 0 Å². The lowest BCUT2D eigenvalue weighted by atomic mass is 10.1. The molecule has 1 aromatic rings. The molecule has 152 valence electrons. The highest BCUT2D eigenvalue weighted by Gasteiger charge is 2.31. The van der Waals surface area contributed by atoms with Gasteiger partial charge in [0.15, 0.2) is 5.96 Å². The van der Waals surface area contributed by atoms with Crippen LogP contribution in [-0.4, -0.2) is 73.9 Å². The number of fused-ring (bicyclic) bond motifs is 3. The van der Waals surface area contributed by atoms with Gasteiger partial charge in [-0.15, -0.1) is 24.0 Å². The van der Waals surface area contributed by atoms with E-state index in [4.69, 9.17) is 4.99 Å². The van der Waals surface area contributed by atoms with Crippen molar-refractivity contribution in [1.82, 2.24) is 20.4 Å². The summed E-state index contributed by atoms with van der Waals surface area (Å²) in [6, 6.07) is 5.56. The van der Waals surface area contributed by atoms with Gasteiger partial charge in [0.2, 0.25) is 0 Å². The van der Waals surface area contributed by atoms with Gasteiger partial charge >= 0.3 is 0 Å². The van der Waals surface area contributed by atoms with Crippen LogP contribution in [0, 0.1) is 5.82 Å². The Kier molecular flexibility index (Phi) is 9.61. The number of nitrogens with one attached hydrogen (secondary N) is 2. The van der Waals surface area contributed by atoms with Crippen molar-refractivity contribution in [3.8, 4) is 0 Å². The molecule has 3 fully saturated rings. The summed E-state index contributed by atoms with van der Waals surface area (Å²) in [5, 5.41) is 6.83. The molecule has 3 saturated heterocycles. The predicted molar refractivity (Wildman–Crippen MR) is 124 cm³/mol. The molecule has 5 nitrogen and oxygen atoms in total. The highest BCUT2D eigenvalue weighted by atomic mass is 127. The first-order chi connectivity index (χ1) is 12.7. The Morgan fingerprint density at radius 1 is 1.22 bits per heavy atom.